The van der Waals surface area contributed by atoms with Gasteiger partial charge in [-0.2, -0.15) is 0 Å². The molecule has 0 spiro atoms. The third-order valence-corrected chi connectivity index (χ3v) is 4.46. The summed E-state index contributed by atoms with van der Waals surface area (Å²) < 4.78 is 5.79. The second-order valence-electron chi connectivity index (χ2n) is 5.79. The summed E-state index contributed by atoms with van der Waals surface area (Å²) in [4.78, 5) is 21.8. The first-order valence-corrected chi connectivity index (χ1v) is 7.71. The molecule has 0 aromatic carbocycles. The average molecular weight is 277 g/mol. The smallest absolute Gasteiger partial charge is 0.251 e. The van der Waals surface area contributed by atoms with Crippen LogP contribution in [0.15, 0.2) is 10.9 Å². The predicted molar refractivity (Wildman–Crippen MR) is 76.9 cm³/mol. The number of nitrogens with zero attached hydrogens (tertiary/aromatic N) is 2. The topological polar surface area (TPSA) is 58.2 Å². The van der Waals surface area contributed by atoms with Crippen molar-refractivity contribution in [3.8, 4) is 0 Å². The van der Waals surface area contributed by atoms with Crippen LogP contribution < -0.4 is 5.56 Å². The Bertz CT molecular complexity index is 508. The molecule has 3 rings (SSSR count). The molecule has 5 nitrogen and oxygen atoms in total. The Hall–Kier alpha value is -1.20. The van der Waals surface area contributed by atoms with Crippen LogP contribution in [-0.2, 0) is 4.74 Å². The highest BCUT2D eigenvalue weighted by molar-refractivity contribution is 5.11. The van der Waals surface area contributed by atoms with Crippen molar-refractivity contribution in [2.45, 2.75) is 44.6 Å². The Balaban J connectivity index is 1.83. The van der Waals surface area contributed by atoms with Gasteiger partial charge in [-0.1, -0.05) is 19.8 Å². The Morgan fingerprint density at radius 2 is 2.25 bits per heavy atom. The van der Waals surface area contributed by atoms with Gasteiger partial charge in [0.05, 0.1) is 12.3 Å². The molecule has 1 aliphatic heterocycles. The number of ether oxygens (including phenoxy) is 1. The number of nitrogens with one attached hydrogen (secondary N) is 1. The van der Waals surface area contributed by atoms with Crippen LogP contribution in [0.5, 0.6) is 0 Å². The van der Waals surface area contributed by atoms with Gasteiger partial charge in [-0.05, 0) is 19.4 Å². The maximum Gasteiger partial charge on any atom is 0.251 e. The quantitative estimate of drug-likeness (QED) is 0.915. The first kappa shape index (κ1) is 13.8. The third kappa shape index (κ3) is 2.94. The number of morpholine rings is 1. The van der Waals surface area contributed by atoms with E-state index in [1.807, 2.05) is 0 Å². The highest BCUT2D eigenvalue weighted by Crippen LogP contribution is 2.32. The molecular weight excluding hydrogens is 254 g/mol. The summed E-state index contributed by atoms with van der Waals surface area (Å²) >= 11 is 0. The number of aromatic nitrogens is 2. The molecule has 2 heterocycles. The fourth-order valence-electron chi connectivity index (χ4n) is 3.23. The van der Waals surface area contributed by atoms with Crippen LogP contribution in [0, 0.1) is 0 Å². The van der Waals surface area contributed by atoms with Gasteiger partial charge < -0.3 is 9.72 Å². The van der Waals surface area contributed by atoms with Crippen molar-refractivity contribution >= 4 is 0 Å². The van der Waals surface area contributed by atoms with Crippen molar-refractivity contribution in [1.82, 2.24) is 14.9 Å². The minimum atomic E-state index is -0.0993. The zero-order valence-electron chi connectivity index (χ0n) is 12.1. The van der Waals surface area contributed by atoms with Crippen LogP contribution in [0.3, 0.4) is 0 Å². The molecule has 5 heteroatoms. The number of hydrogen-bond donors (Lipinski definition) is 1. The van der Waals surface area contributed by atoms with E-state index in [0.29, 0.717) is 18.3 Å². The predicted octanol–water partition coefficient (Wildman–Crippen LogP) is 1.82. The van der Waals surface area contributed by atoms with Crippen LogP contribution in [0.4, 0.5) is 0 Å². The SMILES string of the molecule is CCN1CCOC(c2nc(C3CCCC3)cc(=O)[nH]2)C1. The van der Waals surface area contributed by atoms with E-state index in [9.17, 15) is 4.79 Å². The van der Waals surface area contributed by atoms with Crippen LogP contribution >= 0.6 is 0 Å². The summed E-state index contributed by atoms with van der Waals surface area (Å²) in [5, 5.41) is 0. The molecule has 20 heavy (non-hydrogen) atoms. The molecule has 0 bridgehead atoms. The van der Waals surface area contributed by atoms with Gasteiger partial charge in [0, 0.05) is 25.1 Å². The number of aromatic amines is 1. The van der Waals surface area contributed by atoms with E-state index in [-0.39, 0.29) is 11.7 Å². The number of H-pyrrole nitrogens is 1. The molecule has 1 aromatic heterocycles. The molecule has 0 amide bonds. The summed E-state index contributed by atoms with van der Waals surface area (Å²) in [7, 11) is 0. The lowest BCUT2D eigenvalue weighted by Gasteiger charge is -2.31. The highest BCUT2D eigenvalue weighted by Gasteiger charge is 2.25. The molecule has 1 N–H and O–H groups in total. The van der Waals surface area contributed by atoms with Crippen molar-refractivity contribution in [1.29, 1.82) is 0 Å². The first-order valence-electron chi connectivity index (χ1n) is 7.71. The van der Waals surface area contributed by atoms with E-state index >= 15 is 0 Å². The fraction of sp³-hybridized carbons (Fsp3) is 0.733. The Morgan fingerprint density at radius 1 is 1.45 bits per heavy atom. The van der Waals surface area contributed by atoms with Gasteiger partial charge in [0.1, 0.15) is 11.9 Å². The number of hydrogen-bond acceptors (Lipinski definition) is 4. The Morgan fingerprint density at radius 3 is 3.00 bits per heavy atom. The molecule has 110 valence electrons. The lowest BCUT2D eigenvalue weighted by Crippen LogP contribution is -2.39. The average Bonchev–Trinajstić information content (AvgIpc) is 3.01. The summed E-state index contributed by atoms with van der Waals surface area (Å²) in [6.45, 7) is 5.63. The molecule has 1 aromatic rings. The highest BCUT2D eigenvalue weighted by atomic mass is 16.5. The molecular formula is C15H23N3O2. The summed E-state index contributed by atoms with van der Waals surface area (Å²) in [6.07, 6.45) is 4.71. The van der Waals surface area contributed by atoms with Gasteiger partial charge in [0.15, 0.2) is 0 Å². The van der Waals surface area contributed by atoms with Crippen molar-refractivity contribution in [2.24, 2.45) is 0 Å². The molecule has 1 aliphatic carbocycles. The molecule has 1 saturated heterocycles. The first-order chi connectivity index (χ1) is 9.76. The second kappa shape index (κ2) is 6.06. The monoisotopic (exact) mass is 277 g/mol. The van der Waals surface area contributed by atoms with E-state index in [2.05, 4.69) is 16.8 Å². The van der Waals surface area contributed by atoms with E-state index in [4.69, 9.17) is 9.72 Å². The van der Waals surface area contributed by atoms with Crippen molar-refractivity contribution in [2.75, 3.05) is 26.2 Å². The van der Waals surface area contributed by atoms with Gasteiger partial charge in [0.25, 0.3) is 5.56 Å². The minimum absolute atomic E-state index is 0.0471. The standard InChI is InChI=1S/C15H23N3O2/c1-2-18-7-8-20-13(10-18)15-16-12(9-14(19)17-15)11-5-3-4-6-11/h9,11,13H,2-8,10H2,1H3,(H,16,17,19). The Labute approximate surface area is 119 Å². The molecule has 1 saturated carbocycles. The van der Waals surface area contributed by atoms with Gasteiger partial charge in [-0.25, -0.2) is 4.98 Å². The maximum atomic E-state index is 11.9. The van der Waals surface area contributed by atoms with Crippen LogP contribution in [0.25, 0.3) is 0 Å². The molecule has 1 atom stereocenters. The van der Waals surface area contributed by atoms with Crippen LogP contribution in [0.2, 0.25) is 0 Å². The number of likely N-dealkylation sites (N-methyl/N-ethyl adjacent to an activating group) is 1. The van der Waals surface area contributed by atoms with Gasteiger partial charge >= 0.3 is 0 Å². The van der Waals surface area contributed by atoms with Crippen LogP contribution in [0.1, 0.15) is 56.1 Å². The maximum absolute atomic E-state index is 11.9. The van der Waals surface area contributed by atoms with Crippen LogP contribution in [-0.4, -0.2) is 41.1 Å². The van der Waals surface area contributed by atoms with Crippen molar-refractivity contribution in [3.05, 3.63) is 27.9 Å². The second-order valence-corrected chi connectivity index (χ2v) is 5.79. The van der Waals surface area contributed by atoms with Gasteiger partial charge in [0.2, 0.25) is 0 Å². The molecule has 2 fully saturated rings. The normalized spacial score (nSPS) is 25.1. The zero-order chi connectivity index (χ0) is 13.9. The summed E-state index contributed by atoms with van der Waals surface area (Å²) in [6, 6.07) is 1.67. The van der Waals surface area contributed by atoms with E-state index in [1.165, 1.54) is 12.8 Å². The number of rotatable bonds is 3. The van der Waals surface area contributed by atoms with E-state index < -0.39 is 0 Å². The molecule has 0 radical (unpaired) electrons. The zero-order valence-corrected chi connectivity index (χ0v) is 12.1. The summed E-state index contributed by atoms with van der Waals surface area (Å²) in [5.41, 5.74) is 0.910. The largest absolute Gasteiger partial charge is 0.368 e. The van der Waals surface area contributed by atoms with E-state index in [0.717, 1.165) is 38.2 Å². The van der Waals surface area contributed by atoms with Crippen molar-refractivity contribution < 1.29 is 4.74 Å². The Kier molecular flexibility index (Phi) is 4.17. The van der Waals surface area contributed by atoms with Gasteiger partial charge in [-0.3, -0.25) is 9.69 Å². The molecule has 2 aliphatic rings. The lowest BCUT2D eigenvalue weighted by atomic mass is 10.0. The van der Waals surface area contributed by atoms with E-state index in [1.54, 1.807) is 6.07 Å². The minimum Gasteiger partial charge on any atom is -0.368 e. The molecule has 1 unspecified atom stereocenters. The van der Waals surface area contributed by atoms with Gasteiger partial charge in [-0.15, -0.1) is 0 Å². The summed E-state index contributed by atoms with van der Waals surface area (Å²) in [5.74, 6) is 1.17. The fourth-order valence-corrected chi connectivity index (χ4v) is 3.23. The third-order valence-electron chi connectivity index (χ3n) is 4.46. The lowest BCUT2D eigenvalue weighted by molar-refractivity contribution is -0.0328. The van der Waals surface area contributed by atoms with Crippen molar-refractivity contribution in [3.63, 3.8) is 0 Å².